The molecule has 0 fully saturated rings. The van der Waals surface area contributed by atoms with Crippen molar-refractivity contribution in [3.8, 4) is 11.1 Å². The quantitative estimate of drug-likeness (QED) is 0.390. The zero-order valence-electron chi connectivity index (χ0n) is 21.8. The molecule has 1 N–H and O–H groups in total. The summed E-state index contributed by atoms with van der Waals surface area (Å²) in [6.45, 7) is 12.1. The number of benzene rings is 2. The summed E-state index contributed by atoms with van der Waals surface area (Å²) in [5.41, 5.74) is 10.2. The van der Waals surface area contributed by atoms with Crippen molar-refractivity contribution in [3.63, 3.8) is 0 Å². The van der Waals surface area contributed by atoms with Crippen LogP contribution >= 0.6 is 0 Å². The lowest BCUT2D eigenvalue weighted by molar-refractivity contribution is -0.112. The predicted octanol–water partition coefficient (Wildman–Crippen LogP) is 3.62. The van der Waals surface area contributed by atoms with Gasteiger partial charge in [-0.05, 0) is 66.8 Å². The molecule has 192 valence electrons. The Kier molecular flexibility index (Phi) is 12.5. The largest absolute Gasteiger partial charge is 0.374 e. The first-order valence-electron chi connectivity index (χ1n) is 11.4. The Hall–Kier alpha value is -4.04. The summed E-state index contributed by atoms with van der Waals surface area (Å²) in [6.07, 6.45) is 4.30. The maximum Gasteiger partial charge on any atom is 0.258 e. The lowest BCUT2D eigenvalue weighted by Crippen LogP contribution is -2.28. The highest BCUT2D eigenvalue weighted by molar-refractivity contribution is 6.01. The zero-order valence-corrected chi connectivity index (χ0v) is 21.8. The van der Waals surface area contributed by atoms with Crippen molar-refractivity contribution in [3.05, 3.63) is 78.0 Å². The van der Waals surface area contributed by atoms with E-state index in [2.05, 4.69) is 54.8 Å². The van der Waals surface area contributed by atoms with Gasteiger partial charge in [0.15, 0.2) is 0 Å². The number of carbonyl (C=O) groups excluding carboxylic acids is 4. The maximum atomic E-state index is 12.5. The molecule has 0 atom stereocenters. The first-order valence-corrected chi connectivity index (χ1v) is 11.4. The molecule has 2 aliphatic rings. The van der Waals surface area contributed by atoms with Crippen LogP contribution in [0.15, 0.2) is 61.3 Å². The van der Waals surface area contributed by atoms with Crippen molar-refractivity contribution in [2.45, 2.75) is 26.8 Å². The van der Waals surface area contributed by atoms with Crippen molar-refractivity contribution >= 4 is 30.6 Å². The summed E-state index contributed by atoms with van der Waals surface area (Å²) in [4.78, 5) is 43.9. The molecule has 8 heteroatoms. The Labute approximate surface area is 213 Å². The van der Waals surface area contributed by atoms with Crippen molar-refractivity contribution in [1.82, 2.24) is 15.3 Å². The van der Waals surface area contributed by atoms with E-state index in [-0.39, 0.29) is 5.91 Å². The average Bonchev–Trinajstić information content (AvgIpc) is 3.39. The van der Waals surface area contributed by atoms with Crippen molar-refractivity contribution in [1.29, 1.82) is 0 Å². The Balaban J connectivity index is 0.000000418. The van der Waals surface area contributed by atoms with Gasteiger partial charge in [0.1, 0.15) is 12.6 Å². The van der Waals surface area contributed by atoms with E-state index in [4.69, 9.17) is 9.59 Å². The molecule has 0 bridgehead atoms. The summed E-state index contributed by atoms with van der Waals surface area (Å²) in [5, 5.41) is 1.56. The molecule has 2 aliphatic heterocycles. The average molecular weight is 493 g/mol. The molecule has 0 saturated heterocycles. The number of carbonyl (C=O) groups is 4. The molecule has 0 saturated carbocycles. The van der Waals surface area contributed by atoms with Crippen molar-refractivity contribution in [2.75, 3.05) is 32.6 Å². The third kappa shape index (κ3) is 8.02. The van der Waals surface area contributed by atoms with Gasteiger partial charge in [-0.25, -0.2) is 5.01 Å². The third-order valence-electron chi connectivity index (χ3n) is 5.35. The van der Waals surface area contributed by atoms with Crippen LogP contribution in [-0.2, 0) is 27.3 Å². The van der Waals surface area contributed by atoms with Gasteiger partial charge in [0.25, 0.3) is 5.91 Å². The fourth-order valence-corrected chi connectivity index (χ4v) is 3.75. The monoisotopic (exact) mass is 492 g/mol. The SMILES string of the molecule is C=C(C)N1Cc2c(cccc2-c2ccc3c(c2)CCN3C)C1=O.C=CC=O.CC=O.CN(C)NC=O. The fraction of sp³-hybridized carbons (Fsp3) is 0.286. The smallest absolute Gasteiger partial charge is 0.258 e. The van der Waals surface area contributed by atoms with Crippen LogP contribution in [0.3, 0.4) is 0 Å². The molecule has 2 aromatic carbocycles. The van der Waals surface area contributed by atoms with Gasteiger partial charge in [-0.1, -0.05) is 31.4 Å². The highest BCUT2D eigenvalue weighted by Gasteiger charge is 2.30. The minimum atomic E-state index is 0.0650. The number of nitrogens with one attached hydrogen (secondary N) is 1. The van der Waals surface area contributed by atoms with Gasteiger partial charge in [-0.15, -0.1) is 0 Å². The van der Waals surface area contributed by atoms with E-state index in [9.17, 15) is 9.59 Å². The number of aldehydes is 2. The van der Waals surface area contributed by atoms with E-state index in [1.165, 1.54) is 29.8 Å². The molecular weight excluding hydrogens is 456 g/mol. The van der Waals surface area contributed by atoms with Crippen LogP contribution in [0.2, 0.25) is 0 Å². The van der Waals surface area contributed by atoms with Gasteiger partial charge in [0.05, 0.1) is 6.54 Å². The second-order valence-corrected chi connectivity index (χ2v) is 8.22. The number of rotatable bonds is 5. The predicted molar refractivity (Wildman–Crippen MR) is 144 cm³/mol. The molecule has 36 heavy (non-hydrogen) atoms. The van der Waals surface area contributed by atoms with E-state index in [0.717, 1.165) is 41.6 Å². The van der Waals surface area contributed by atoms with E-state index >= 15 is 0 Å². The lowest BCUT2D eigenvalue weighted by atomic mass is 9.95. The molecular formula is C28H36N4O4. The Morgan fingerprint density at radius 3 is 2.22 bits per heavy atom. The van der Waals surface area contributed by atoms with Crippen LogP contribution < -0.4 is 10.3 Å². The molecule has 0 radical (unpaired) electrons. The van der Waals surface area contributed by atoms with Crippen LogP contribution in [0.5, 0.6) is 0 Å². The molecule has 0 aliphatic carbocycles. The second-order valence-electron chi connectivity index (χ2n) is 8.22. The van der Waals surface area contributed by atoms with Crippen LogP contribution in [0.1, 0.15) is 35.3 Å². The molecule has 0 unspecified atom stereocenters. The molecule has 2 amide bonds. The number of fused-ring (bicyclic) bond motifs is 2. The number of hydrogen-bond acceptors (Lipinski definition) is 6. The number of allylic oxidation sites excluding steroid dienone is 2. The molecule has 2 heterocycles. The number of amides is 2. The third-order valence-corrected chi connectivity index (χ3v) is 5.35. The topological polar surface area (TPSA) is 90.0 Å². The summed E-state index contributed by atoms with van der Waals surface area (Å²) in [6, 6.07) is 12.7. The Bertz CT molecular complexity index is 1090. The lowest BCUT2D eigenvalue weighted by Gasteiger charge is -2.15. The van der Waals surface area contributed by atoms with Crippen LogP contribution in [0, 0.1) is 0 Å². The van der Waals surface area contributed by atoms with Gasteiger partial charge in [0.2, 0.25) is 6.41 Å². The molecule has 0 spiro atoms. The minimum Gasteiger partial charge on any atom is -0.374 e. The van der Waals surface area contributed by atoms with Gasteiger partial charge in [0, 0.05) is 44.6 Å². The number of nitrogens with zero attached hydrogens (tertiary/aromatic N) is 3. The number of hydrogen-bond donors (Lipinski definition) is 1. The normalized spacial score (nSPS) is 12.4. The summed E-state index contributed by atoms with van der Waals surface area (Å²) < 4.78 is 0. The van der Waals surface area contributed by atoms with E-state index < -0.39 is 0 Å². The van der Waals surface area contributed by atoms with E-state index in [0.29, 0.717) is 19.2 Å². The summed E-state index contributed by atoms with van der Waals surface area (Å²) >= 11 is 0. The van der Waals surface area contributed by atoms with Crippen molar-refractivity contribution in [2.24, 2.45) is 0 Å². The van der Waals surface area contributed by atoms with Crippen LogP contribution in [-0.4, -0.2) is 62.5 Å². The fourth-order valence-electron chi connectivity index (χ4n) is 3.75. The minimum absolute atomic E-state index is 0.0650. The first kappa shape index (κ1) is 30.0. The molecule has 4 rings (SSSR count). The van der Waals surface area contributed by atoms with Gasteiger partial charge < -0.3 is 14.6 Å². The van der Waals surface area contributed by atoms with Crippen molar-refractivity contribution < 1.29 is 19.2 Å². The summed E-state index contributed by atoms with van der Waals surface area (Å²) in [5.74, 6) is 0.0650. The molecule has 8 nitrogen and oxygen atoms in total. The molecule has 2 aromatic rings. The number of anilines is 1. The maximum absolute atomic E-state index is 12.5. The van der Waals surface area contributed by atoms with E-state index in [1.54, 1.807) is 24.0 Å². The van der Waals surface area contributed by atoms with E-state index in [1.807, 2.05) is 19.1 Å². The molecule has 0 aromatic heterocycles. The highest BCUT2D eigenvalue weighted by atomic mass is 16.2. The second kappa shape index (κ2) is 15.1. The van der Waals surface area contributed by atoms with Gasteiger partial charge in [-0.3, -0.25) is 19.8 Å². The van der Waals surface area contributed by atoms with Crippen LogP contribution in [0.25, 0.3) is 11.1 Å². The number of likely N-dealkylation sites (N-methyl/N-ethyl adjacent to an activating group) is 1. The van der Waals surface area contributed by atoms with Crippen LogP contribution in [0.4, 0.5) is 5.69 Å². The Morgan fingerprint density at radius 2 is 1.72 bits per heavy atom. The highest BCUT2D eigenvalue weighted by Crippen LogP contribution is 2.37. The first-order chi connectivity index (χ1) is 17.2. The summed E-state index contributed by atoms with van der Waals surface area (Å²) in [7, 11) is 5.62. The van der Waals surface area contributed by atoms with Gasteiger partial charge in [-0.2, -0.15) is 0 Å². The Morgan fingerprint density at radius 1 is 1.11 bits per heavy atom. The standard InChI is InChI=1S/C20H20N2O.C3H8N2O.C3H4O.C2H4O/c1-13(2)22-12-18-16(5-4-6-17(18)20(22)23)14-7-8-19-15(11-14)9-10-21(19)3;1-5(2)4-3-6;1-2-3-4;1-2-3/h4-8,11H,1,9-10,12H2,2-3H3;3H,1-2H3,(H,4,6);2-3H,1H2;2H,1H3. The number of hydrazine groups is 1. The van der Waals surface area contributed by atoms with Gasteiger partial charge >= 0.3 is 0 Å². The zero-order chi connectivity index (χ0) is 27.3.